The summed E-state index contributed by atoms with van der Waals surface area (Å²) in [4.78, 5) is 26.4. The van der Waals surface area contributed by atoms with Gasteiger partial charge in [0, 0.05) is 12.3 Å². The average Bonchev–Trinajstić information content (AvgIpc) is 3.39. The third-order valence-electron chi connectivity index (χ3n) is 7.48. The number of ketones is 1. The first-order valence-electron chi connectivity index (χ1n) is 11.2. The van der Waals surface area contributed by atoms with Gasteiger partial charge in [-0.15, -0.1) is 0 Å². The largest absolute Gasteiger partial charge is 0.468 e. The van der Waals surface area contributed by atoms with E-state index in [4.69, 9.17) is 9.15 Å². The summed E-state index contributed by atoms with van der Waals surface area (Å²) >= 11 is 0. The predicted octanol–water partition coefficient (Wildman–Crippen LogP) is 5.60. The van der Waals surface area contributed by atoms with Gasteiger partial charge in [-0.05, 0) is 54.7 Å². The van der Waals surface area contributed by atoms with Crippen molar-refractivity contribution in [2.45, 2.75) is 76.2 Å². The molecule has 4 nitrogen and oxygen atoms in total. The number of benzene rings is 1. The predicted molar refractivity (Wildman–Crippen MR) is 115 cm³/mol. The van der Waals surface area contributed by atoms with Gasteiger partial charge < -0.3 is 9.15 Å². The molecule has 0 spiro atoms. The Morgan fingerprint density at radius 1 is 1.13 bits per heavy atom. The molecule has 160 valence electrons. The van der Waals surface area contributed by atoms with Gasteiger partial charge in [0.1, 0.15) is 11.9 Å². The van der Waals surface area contributed by atoms with E-state index in [1.165, 1.54) is 11.8 Å². The number of hydrogen-bond acceptors (Lipinski definition) is 4. The van der Waals surface area contributed by atoms with Gasteiger partial charge in [-0.1, -0.05) is 57.5 Å². The van der Waals surface area contributed by atoms with Crippen LogP contribution in [0.5, 0.6) is 0 Å². The van der Waals surface area contributed by atoms with Crippen molar-refractivity contribution in [1.29, 1.82) is 0 Å². The molecule has 2 aliphatic carbocycles. The Morgan fingerprint density at radius 2 is 1.90 bits per heavy atom. The van der Waals surface area contributed by atoms with Crippen LogP contribution in [-0.4, -0.2) is 17.9 Å². The summed E-state index contributed by atoms with van der Waals surface area (Å²) in [5, 5.41) is 0. The molecule has 0 amide bonds. The monoisotopic (exact) mass is 408 g/mol. The van der Waals surface area contributed by atoms with Crippen LogP contribution in [0.4, 0.5) is 0 Å². The van der Waals surface area contributed by atoms with E-state index in [2.05, 4.69) is 45.0 Å². The van der Waals surface area contributed by atoms with E-state index in [1.807, 2.05) is 6.07 Å². The first-order chi connectivity index (χ1) is 14.4. The van der Waals surface area contributed by atoms with E-state index in [-0.39, 0.29) is 23.2 Å². The standard InChI is InChI=1S/C26H32O4/c1-18-13-14-20(25(2,3)19-9-5-4-6-10-19)21(17-18)30-24(28)26(15-7-11-22(26)27)23-12-8-16-29-23/h4-6,8-10,12,16,18,20-21H,7,11,13-15,17H2,1-3H3/t18-,20-,21-,26+/m1/s1. The molecule has 2 fully saturated rings. The zero-order valence-corrected chi connectivity index (χ0v) is 18.2. The molecule has 0 saturated heterocycles. The van der Waals surface area contributed by atoms with Gasteiger partial charge in [0.25, 0.3) is 0 Å². The lowest BCUT2D eigenvalue weighted by Gasteiger charge is -2.44. The fourth-order valence-electron chi connectivity index (χ4n) is 5.57. The third kappa shape index (κ3) is 3.51. The Labute approximate surface area is 179 Å². The van der Waals surface area contributed by atoms with E-state index in [0.717, 1.165) is 19.3 Å². The van der Waals surface area contributed by atoms with Gasteiger partial charge >= 0.3 is 5.97 Å². The van der Waals surface area contributed by atoms with Crippen molar-refractivity contribution < 1.29 is 18.7 Å². The van der Waals surface area contributed by atoms with E-state index >= 15 is 0 Å². The van der Waals surface area contributed by atoms with Crippen molar-refractivity contribution in [2.24, 2.45) is 11.8 Å². The summed E-state index contributed by atoms with van der Waals surface area (Å²) in [5.41, 5.74) is -0.154. The maximum absolute atomic E-state index is 13.6. The summed E-state index contributed by atoms with van der Waals surface area (Å²) in [5.74, 6) is 0.616. The van der Waals surface area contributed by atoms with E-state index in [1.54, 1.807) is 12.1 Å². The number of hydrogen-bond donors (Lipinski definition) is 0. The summed E-state index contributed by atoms with van der Waals surface area (Å²) in [7, 11) is 0. The number of esters is 1. The summed E-state index contributed by atoms with van der Waals surface area (Å²) in [6, 6.07) is 13.9. The van der Waals surface area contributed by atoms with E-state index < -0.39 is 11.4 Å². The van der Waals surface area contributed by atoms with Crippen molar-refractivity contribution in [2.75, 3.05) is 0 Å². The SMILES string of the molecule is C[C@@H]1CC[C@@H](C(C)(C)c2ccccc2)[C@H](OC(=O)[C@@]2(c3ccco3)CCCC2=O)C1. The molecule has 1 aromatic carbocycles. The minimum atomic E-state index is -1.27. The van der Waals surface area contributed by atoms with Gasteiger partial charge in [-0.3, -0.25) is 9.59 Å². The molecule has 4 heteroatoms. The van der Waals surface area contributed by atoms with Crippen LogP contribution < -0.4 is 0 Å². The molecule has 0 radical (unpaired) electrons. The van der Waals surface area contributed by atoms with Crippen molar-refractivity contribution in [3.63, 3.8) is 0 Å². The molecule has 1 heterocycles. The van der Waals surface area contributed by atoms with E-state index in [9.17, 15) is 9.59 Å². The first-order valence-corrected chi connectivity index (χ1v) is 11.2. The summed E-state index contributed by atoms with van der Waals surface area (Å²) < 4.78 is 11.8. The fourth-order valence-corrected chi connectivity index (χ4v) is 5.57. The molecular formula is C26H32O4. The van der Waals surface area contributed by atoms with Gasteiger partial charge in [0.2, 0.25) is 0 Å². The molecule has 0 unspecified atom stereocenters. The summed E-state index contributed by atoms with van der Waals surface area (Å²) in [6.07, 6.45) is 5.82. The lowest BCUT2D eigenvalue weighted by Crippen LogP contribution is -2.48. The fraction of sp³-hybridized carbons (Fsp3) is 0.538. The lowest BCUT2D eigenvalue weighted by molar-refractivity contribution is -0.166. The maximum Gasteiger partial charge on any atom is 0.327 e. The number of carbonyl (C=O) groups excluding carboxylic acids is 2. The zero-order valence-electron chi connectivity index (χ0n) is 18.2. The molecule has 2 saturated carbocycles. The molecule has 1 aromatic heterocycles. The van der Waals surface area contributed by atoms with Gasteiger partial charge in [0.15, 0.2) is 11.2 Å². The molecule has 0 bridgehead atoms. The average molecular weight is 409 g/mol. The van der Waals surface area contributed by atoms with Crippen LogP contribution in [0.15, 0.2) is 53.1 Å². The molecule has 2 aliphatic rings. The van der Waals surface area contributed by atoms with Crippen LogP contribution >= 0.6 is 0 Å². The third-order valence-corrected chi connectivity index (χ3v) is 7.48. The highest BCUT2D eigenvalue weighted by atomic mass is 16.5. The molecule has 0 N–H and O–H groups in total. The molecule has 2 aromatic rings. The Bertz CT molecular complexity index is 883. The van der Waals surface area contributed by atoms with Crippen LogP contribution in [0.25, 0.3) is 0 Å². The van der Waals surface area contributed by atoms with Crippen LogP contribution in [0, 0.1) is 11.8 Å². The van der Waals surface area contributed by atoms with Crippen LogP contribution in [0.1, 0.15) is 70.6 Å². The lowest BCUT2D eigenvalue weighted by atomic mass is 9.64. The Hall–Kier alpha value is -2.36. The minimum absolute atomic E-state index is 0.0785. The number of carbonyl (C=O) groups is 2. The molecule has 30 heavy (non-hydrogen) atoms. The number of Topliss-reactive ketones (excluding diaryl/α,β-unsaturated/α-hetero) is 1. The van der Waals surface area contributed by atoms with Gasteiger partial charge in [0.05, 0.1) is 6.26 Å². The normalized spacial score (nSPS) is 29.7. The van der Waals surface area contributed by atoms with Crippen LogP contribution in [0.2, 0.25) is 0 Å². The topological polar surface area (TPSA) is 56.5 Å². The van der Waals surface area contributed by atoms with Gasteiger partial charge in [-0.25, -0.2) is 0 Å². The summed E-state index contributed by atoms with van der Waals surface area (Å²) in [6.45, 7) is 6.70. The zero-order chi connectivity index (χ0) is 21.4. The first kappa shape index (κ1) is 20.9. The molecule has 4 atom stereocenters. The van der Waals surface area contributed by atoms with Crippen molar-refractivity contribution in [3.8, 4) is 0 Å². The molecular weight excluding hydrogens is 376 g/mol. The second-order valence-electron chi connectivity index (χ2n) is 9.72. The van der Waals surface area contributed by atoms with Crippen LogP contribution in [-0.2, 0) is 25.2 Å². The smallest absolute Gasteiger partial charge is 0.327 e. The number of rotatable bonds is 5. The van der Waals surface area contributed by atoms with Gasteiger partial charge in [-0.2, -0.15) is 0 Å². The Kier molecular flexibility index (Phi) is 5.61. The Balaban J connectivity index is 1.63. The second-order valence-corrected chi connectivity index (χ2v) is 9.72. The molecule has 0 aliphatic heterocycles. The van der Waals surface area contributed by atoms with Crippen LogP contribution in [0.3, 0.4) is 0 Å². The van der Waals surface area contributed by atoms with E-state index in [0.29, 0.717) is 30.9 Å². The maximum atomic E-state index is 13.6. The minimum Gasteiger partial charge on any atom is -0.468 e. The second kappa shape index (κ2) is 8.05. The quantitative estimate of drug-likeness (QED) is 0.478. The number of ether oxygens (including phenoxy) is 1. The van der Waals surface area contributed by atoms with Crippen molar-refractivity contribution in [1.82, 2.24) is 0 Å². The Morgan fingerprint density at radius 3 is 2.53 bits per heavy atom. The van der Waals surface area contributed by atoms with Crippen molar-refractivity contribution >= 4 is 11.8 Å². The van der Waals surface area contributed by atoms with Crippen molar-refractivity contribution in [3.05, 3.63) is 60.1 Å². The number of furan rings is 1. The highest BCUT2D eigenvalue weighted by molar-refractivity contribution is 6.10. The molecule has 4 rings (SSSR count). The highest BCUT2D eigenvalue weighted by Crippen LogP contribution is 2.46. The highest BCUT2D eigenvalue weighted by Gasteiger charge is 2.55.